The van der Waals surface area contributed by atoms with Crippen LogP contribution in [0.25, 0.3) is 0 Å². The zero-order valence-electron chi connectivity index (χ0n) is 12.1. The summed E-state index contributed by atoms with van der Waals surface area (Å²) in [6.45, 7) is -0.213. The number of carbonyl (C=O) groups excluding carboxylic acids is 2. The van der Waals surface area contributed by atoms with Crippen LogP contribution in [0.15, 0.2) is 46.9 Å². The fourth-order valence-electron chi connectivity index (χ4n) is 1.80. The Morgan fingerprint density at radius 3 is 2.65 bits per heavy atom. The molecule has 2 aromatic carbocycles. The number of halogens is 2. The molecule has 0 saturated heterocycles. The normalized spacial score (nSPS) is 10.0. The highest BCUT2D eigenvalue weighted by molar-refractivity contribution is 9.10. The first-order valence-electron chi connectivity index (χ1n) is 6.56. The fourth-order valence-corrected chi connectivity index (χ4v) is 2.60. The van der Waals surface area contributed by atoms with E-state index in [0.717, 1.165) is 0 Å². The molecular weight excluding hydrogens is 386 g/mol. The summed E-state index contributed by atoms with van der Waals surface area (Å²) in [7, 11) is 1.28. The van der Waals surface area contributed by atoms with Gasteiger partial charge in [0.05, 0.1) is 22.8 Å². The van der Waals surface area contributed by atoms with E-state index in [4.69, 9.17) is 16.3 Å². The Bertz CT molecular complexity index is 736. The van der Waals surface area contributed by atoms with Crippen LogP contribution in [0.2, 0.25) is 5.02 Å². The van der Waals surface area contributed by atoms with Gasteiger partial charge in [0.1, 0.15) is 5.75 Å². The molecule has 0 aliphatic heterocycles. The lowest BCUT2D eigenvalue weighted by atomic mass is 10.2. The van der Waals surface area contributed by atoms with E-state index in [9.17, 15) is 9.59 Å². The monoisotopic (exact) mass is 397 g/mol. The number of para-hydroxylation sites is 1. The number of hydrogen-bond acceptors (Lipinski definition) is 4. The summed E-state index contributed by atoms with van der Waals surface area (Å²) < 4.78 is 10.7. The molecule has 2 rings (SSSR count). The number of rotatable bonds is 5. The van der Waals surface area contributed by atoms with Crippen LogP contribution in [0.3, 0.4) is 0 Å². The summed E-state index contributed by atoms with van der Waals surface area (Å²) in [6, 6.07) is 11.6. The number of esters is 1. The Balaban J connectivity index is 2.01. The van der Waals surface area contributed by atoms with Gasteiger partial charge in [-0.25, -0.2) is 4.79 Å². The van der Waals surface area contributed by atoms with Gasteiger partial charge < -0.3 is 14.8 Å². The standard InChI is InChI=1S/C16H13BrClNO4/c1-22-16(21)11-4-2-3-5-13(11)19-15(20)9-23-14-7-6-10(18)8-12(14)17/h2-8H,9H2,1H3,(H,19,20). The second-order valence-corrected chi connectivity index (χ2v) is 5.74. The van der Waals surface area contributed by atoms with Crippen LogP contribution in [0.4, 0.5) is 5.69 Å². The van der Waals surface area contributed by atoms with Crippen LogP contribution in [0, 0.1) is 0 Å². The van der Waals surface area contributed by atoms with E-state index < -0.39 is 11.9 Å². The first-order chi connectivity index (χ1) is 11.0. The summed E-state index contributed by atoms with van der Waals surface area (Å²) in [5, 5.41) is 3.18. The van der Waals surface area contributed by atoms with Crippen LogP contribution >= 0.6 is 27.5 Å². The summed E-state index contributed by atoms with van der Waals surface area (Å²) in [4.78, 5) is 23.6. The van der Waals surface area contributed by atoms with Gasteiger partial charge in [-0.2, -0.15) is 0 Å². The van der Waals surface area contributed by atoms with Crippen molar-refractivity contribution >= 4 is 45.1 Å². The molecule has 5 nitrogen and oxygen atoms in total. The van der Waals surface area contributed by atoms with Gasteiger partial charge in [-0.15, -0.1) is 0 Å². The van der Waals surface area contributed by atoms with E-state index in [1.807, 2.05) is 0 Å². The minimum atomic E-state index is -0.526. The van der Waals surface area contributed by atoms with Crippen molar-refractivity contribution in [2.24, 2.45) is 0 Å². The third kappa shape index (κ3) is 4.71. The van der Waals surface area contributed by atoms with Crippen molar-refractivity contribution < 1.29 is 19.1 Å². The average Bonchev–Trinajstić information content (AvgIpc) is 2.54. The fraction of sp³-hybridized carbons (Fsp3) is 0.125. The molecule has 23 heavy (non-hydrogen) atoms. The van der Waals surface area contributed by atoms with E-state index in [1.165, 1.54) is 7.11 Å². The highest BCUT2D eigenvalue weighted by Crippen LogP contribution is 2.28. The maximum absolute atomic E-state index is 12.0. The van der Waals surface area contributed by atoms with E-state index in [1.54, 1.807) is 42.5 Å². The topological polar surface area (TPSA) is 64.6 Å². The third-order valence-corrected chi connectivity index (χ3v) is 3.71. The molecule has 0 atom stereocenters. The number of benzene rings is 2. The zero-order chi connectivity index (χ0) is 16.8. The Kier molecular flexibility index (Phi) is 6.01. The molecule has 120 valence electrons. The minimum absolute atomic E-state index is 0.213. The Morgan fingerprint density at radius 2 is 1.96 bits per heavy atom. The van der Waals surface area contributed by atoms with Gasteiger partial charge in [0.15, 0.2) is 6.61 Å². The first kappa shape index (κ1) is 17.3. The molecule has 7 heteroatoms. The second-order valence-electron chi connectivity index (χ2n) is 4.45. The summed E-state index contributed by atoms with van der Waals surface area (Å²) in [5.41, 5.74) is 0.638. The Labute approximate surface area is 146 Å². The van der Waals surface area contributed by atoms with Crippen molar-refractivity contribution in [2.75, 3.05) is 19.0 Å². The molecule has 0 bridgehead atoms. The van der Waals surface area contributed by atoms with Gasteiger partial charge in [-0.3, -0.25) is 4.79 Å². The number of ether oxygens (including phenoxy) is 2. The second kappa shape index (κ2) is 7.99. The maximum Gasteiger partial charge on any atom is 0.339 e. The Morgan fingerprint density at radius 1 is 1.22 bits per heavy atom. The summed E-state index contributed by atoms with van der Waals surface area (Å²) in [6.07, 6.45) is 0. The van der Waals surface area contributed by atoms with Crippen LogP contribution < -0.4 is 10.1 Å². The highest BCUT2D eigenvalue weighted by atomic mass is 79.9. The van der Waals surface area contributed by atoms with Crippen LogP contribution in [0.5, 0.6) is 5.75 Å². The van der Waals surface area contributed by atoms with E-state index in [-0.39, 0.29) is 12.2 Å². The van der Waals surface area contributed by atoms with Crippen molar-refractivity contribution in [3.63, 3.8) is 0 Å². The number of amides is 1. The van der Waals surface area contributed by atoms with Crippen LogP contribution in [-0.4, -0.2) is 25.6 Å². The van der Waals surface area contributed by atoms with Gasteiger partial charge in [-0.05, 0) is 46.3 Å². The molecule has 1 amide bonds. The number of nitrogens with one attached hydrogen (secondary N) is 1. The lowest BCUT2D eigenvalue weighted by molar-refractivity contribution is -0.118. The number of anilines is 1. The van der Waals surface area contributed by atoms with Gasteiger partial charge in [0, 0.05) is 5.02 Å². The van der Waals surface area contributed by atoms with Crippen molar-refractivity contribution in [3.8, 4) is 5.75 Å². The van der Waals surface area contributed by atoms with Crippen LogP contribution in [-0.2, 0) is 9.53 Å². The molecule has 0 saturated carbocycles. The third-order valence-electron chi connectivity index (χ3n) is 2.86. The smallest absolute Gasteiger partial charge is 0.339 e. The van der Waals surface area contributed by atoms with Gasteiger partial charge >= 0.3 is 5.97 Å². The molecule has 0 aliphatic rings. The summed E-state index contributed by atoms with van der Waals surface area (Å²) in [5.74, 6) is -0.434. The molecule has 0 spiro atoms. The van der Waals surface area contributed by atoms with Crippen molar-refractivity contribution in [2.45, 2.75) is 0 Å². The van der Waals surface area contributed by atoms with Gasteiger partial charge in [-0.1, -0.05) is 23.7 Å². The lowest BCUT2D eigenvalue weighted by Crippen LogP contribution is -2.21. The molecule has 0 fully saturated rings. The van der Waals surface area contributed by atoms with Crippen molar-refractivity contribution in [1.29, 1.82) is 0 Å². The number of methoxy groups -OCH3 is 1. The summed E-state index contributed by atoms with van der Waals surface area (Å²) >= 11 is 9.14. The molecular formula is C16H13BrClNO4. The molecule has 0 aromatic heterocycles. The zero-order valence-corrected chi connectivity index (χ0v) is 14.5. The molecule has 0 radical (unpaired) electrons. The number of carbonyl (C=O) groups is 2. The average molecular weight is 399 g/mol. The predicted octanol–water partition coefficient (Wildman–Crippen LogP) is 3.91. The minimum Gasteiger partial charge on any atom is -0.483 e. The quantitative estimate of drug-likeness (QED) is 0.776. The highest BCUT2D eigenvalue weighted by Gasteiger charge is 2.13. The molecule has 0 heterocycles. The number of hydrogen-bond donors (Lipinski definition) is 1. The molecule has 2 aromatic rings. The Hall–Kier alpha value is -2.05. The van der Waals surface area contributed by atoms with Crippen molar-refractivity contribution in [3.05, 3.63) is 57.5 Å². The van der Waals surface area contributed by atoms with E-state index in [0.29, 0.717) is 20.9 Å². The van der Waals surface area contributed by atoms with E-state index in [2.05, 4.69) is 26.0 Å². The van der Waals surface area contributed by atoms with Crippen LogP contribution in [0.1, 0.15) is 10.4 Å². The largest absolute Gasteiger partial charge is 0.483 e. The lowest BCUT2D eigenvalue weighted by Gasteiger charge is -2.11. The van der Waals surface area contributed by atoms with E-state index >= 15 is 0 Å². The molecule has 0 unspecified atom stereocenters. The first-order valence-corrected chi connectivity index (χ1v) is 7.73. The maximum atomic E-state index is 12.0. The molecule has 0 aliphatic carbocycles. The SMILES string of the molecule is COC(=O)c1ccccc1NC(=O)COc1ccc(Cl)cc1Br. The predicted molar refractivity (Wildman–Crippen MR) is 91.1 cm³/mol. The molecule has 1 N–H and O–H groups in total. The van der Waals surface area contributed by atoms with Gasteiger partial charge in [0.2, 0.25) is 0 Å². The van der Waals surface area contributed by atoms with Gasteiger partial charge in [0.25, 0.3) is 5.91 Å². The van der Waals surface area contributed by atoms with Crippen molar-refractivity contribution in [1.82, 2.24) is 0 Å².